The van der Waals surface area contributed by atoms with Crippen LogP contribution in [0.1, 0.15) is 25.5 Å². The fourth-order valence-electron chi connectivity index (χ4n) is 3.01. The number of carbonyl (C=O) groups is 1. The molecule has 1 amide bonds. The molecule has 2 aliphatic heterocycles. The Morgan fingerprint density at radius 1 is 1.42 bits per heavy atom. The number of thioether (sulfide) groups is 2. The van der Waals surface area contributed by atoms with Crippen LogP contribution >= 0.6 is 23.5 Å². The third kappa shape index (κ3) is 3.81. The summed E-state index contributed by atoms with van der Waals surface area (Å²) in [4.78, 5) is 32.4. The summed E-state index contributed by atoms with van der Waals surface area (Å²) in [5, 5.41) is 1.01. The minimum Gasteiger partial charge on any atom is -0.383 e. The molecule has 132 valence electrons. The standard InChI is InChI=1S/C16H23N3O3S2/c1-11-9-12-14(24-11)15(21)19(7-8-22-2)16(17-12)23-10-13(20)18-5-3-4-6-18/h11H,3-10H2,1-2H3/t11-/m0/s1. The first-order valence-corrected chi connectivity index (χ1v) is 10.2. The normalized spacial score (nSPS) is 19.8. The number of methoxy groups -OCH3 is 1. The number of amides is 1. The molecule has 0 aliphatic carbocycles. The number of ether oxygens (including phenoxy) is 1. The summed E-state index contributed by atoms with van der Waals surface area (Å²) >= 11 is 2.97. The number of fused-ring (bicyclic) bond motifs is 1. The molecule has 0 unspecified atom stereocenters. The minimum atomic E-state index is 0.00233. The van der Waals surface area contributed by atoms with Gasteiger partial charge in [-0.2, -0.15) is 0 Å². The monoisotopic (exact) mass is 369 g/mol. The third-order valence-corrected chi connectivity index (χ3v) is 6.44. The van der Waals surface area contributed by atoms with Gasteiger partial charge in [-0.05, 0) is 12.8 Å². The zero-order valence-corrected chi connectivity index (χ0v) is 15.8. The maximum atomic E-state index is 12.8. The maximum Gasteiger partial charge on any atom is 0.268 e. The highest BCUT2D eigenvalue weighted by Gasteiger charge is 2.27. The molecule has 0 saturated carbocycles. The Labute approximate surface area is 150 Å². The Bertz CT molecular complexity index is 671. The zero-order valence-electron chi connectivity index (χ0n) is 14.1. The summed E-state index contributed by atoms with van der Waals surface area (Å²) in [6, 6.07) is 0. The molecule has 24 heavy (non-hydrogen) atoms. The highest BCUT2D eigenvalue weighted by Crippen LogP contribution is 2.34. The summed E-state index contributed by atoms with van der Waals surface area (Å²) < 4.78 is 6.79. The van der Waals surface area contributed by atoms with E-state index in [-0.39, 0.29) is 11.5 Å². The lowest BCUT2D eigenvalue weighted by Crippen LogP contribution is -2.30. The highest BCUT2D eigenvalue weighted by molar-refractivity contribution is 8.00. The first-order valence-electron chi connectivity index (χ1n) is 8.30. The van der Waals surface area contributed by atoms with Crippen molar-refractivity contribution >= 4 is 29.4 Å². The van der Waals surface area contributed by atoms with Crippen LogP contribution in [0, 0.1) is 0 Å². The summed E-state index contributed by atoms with van der Waals surface area (Å²) in [5.41, 5.74) is 0.879. The van der Waals surface area contributed by atoms with Gasteiger partial charge in [-0.1, -0.05) is 18.7 Å². The van der Waals surface area contributed by atoms with E-state index in [2.05, 4.69) is 6.92 Å². The Hall–Kier alpha value is -0.990. The van der Waals surface area contributed by atoms with Crippen molar-refractivity contribution in [2.45, 2.75) is 48.0 Å². The van der Waals surface area contributed by atoms with Crippen LogP contribution in [-0.4, -0.2) is 58.2 Å². The smallest absolute Gasteiger partial charge is 0.268 e. The number of aromatic nitrogens is 2. The number of rotatable bonds is 6. The van der Waals surface area contributed by atoms with E-state index >= 15 is 0 Å². The van der Waals surface area contributed by atoms with E-state index < -0.39 is 0 Å². The molecule has 3 rings (SSSR count). The second kappa shape index (κ2) is 7.93. The Balaban J connectivity index is 1.80. The maximum absolute atomic E-state index is 12.8. The van der Waals surface area contributed by atoms with Gasteiger partial charge in [0.1, 0.15) is 0 Å². The average molecular weight is 370 g/mol. The van der Waals surface area contributed by atoms with E-state index in [1.54, 1.807) is 23.4 Å². The van der Waals surface area contributed by atoms with Crippen LogP contribution in [0.15, 0.2) is 14.8 Å². The molecule has 1 saturated heterocycles. The molecular weight excluding hydrogens is 346 g/mol. The van der Waals surface area contributed by atoms with Crippen molar-refractivity contribution in [3.05, 3.63) is 16.0 Å². The van der Waals surface area contributed by atoms with Crippen LogP contribution in [-0.2, 0) is 22.5 Å². The van der Waals surface area contributed by atoms with E-state index in [0.29, 0.717) is 29.3 Å². The van der Waals surface area contributed by atoms with Crippen molar-refractivity contribution < 1.29 is 9.53 Å². The molecule has 2 aliphatic rings. The first kappa shape index (κ1) is 17.8. The van der Waals surface area contributed by atoms with E-state index in [4.69, 9.17) is 9.72 Å². The van der Waals surface area contributed by atoms with Gasteiger partial charge in [-0.15, -0.1) is 11.8 Å². The lowest BCUT2D eigenvalue weighted by molar-refractivity contribution is -0.127. The van der Waals surface area contributed by atoms with Gasteiger partial charge >= 0.3 is 0 Å². The number of nitrogens with zero attached hydrogens (tertiary/aromatic N) is 3. The quantitative estimate of drug-likeness (QED) is 0.561. The van der Waals surface area contributed by atoms with Gasteiger partial charge in [0.25, 0.3) is 5.56 Å². The molecule has 0 bridgehead atoms. The van der Waals surface area contributed by atoms with Crippen molar-refractivity contribution in [2.24, 2.45) is 0 Å². The molecule has 0 spiro atoms. The van der Waals surface area contributed by atoms with Crippen molar-refractivity contribution in [2.75, 3.05) is 32.6 Å². The summed E-state index contributed by atoms with van der Waals surface area (Å²) in [6.07, 6.45) is 2.98. The predicted molar refractivity (Wildman–Crippen MR) is 95.9 cm³/mol. The van der Waals surface area contributed by atoms with Crippen LogP contribution < -0.4 is 5.56 Å². The van der Waals surface area contributed by atoms with Crippen molar-refractivity contribution in [1.29, 1.82) is 0 Å². The van der Waals surface area contributed by atoms with Crippen LogP contribution in [0.2, 0.25) is 0 Å². The molecule has 0 radical (unpaired) electrons. The Kier molecular flexibility index (Phi) is 5.89. The number of hydrogen-bond donors (Lipinski definition) is 0. The number of likely N-dealkylation sites (tertiary alicyclic amines) is 1. The van der Waals surface area contributed by atoms with Crippen LogP contribution in [0.25, 0.3) is 0 Å². The topological polar surface area (TPSA) is 64.4 Å². The number of hydrogen-bond acceptors (Lipinski definition) is 6. The van der Waals surface area contributed by atoms with Crippen molar-refractivity contribution in [1.82, 2.24) is 14.5 Å². The van der Waals surface area contributed by atoms with Gasteiger partial charge in [0, 0.05) is 31.9 Å². The fourth-order valence-corrected chi connectivity index (χ4v) is 5.06. The summed E-state index contributed by atoms with van der Waals surface area (Å²) in [5.74, 6) is 0.467. The largest absolute Gasteiger partial charge is 0.383 e. The molecule has 1 fully saturated rings. The molecule has 3 heterocycles. The molecule has 1 aromatic heterocycles. The van der Waals surface area contributed by atoms with Crippen LogP contribution in [0.3, 0.4) is 0 Å². The molecule has 0 aromatic carbocycles. The predicted octanol–water partition coefficient (Wildman–Crippen LogP) is 1.64. The average Bonchev–Trinajstić information content (AvgIpc) is 3.21. The summed E-state index contributed by atoms with van der Waals surface area (Å²) in [6.45, 7) is 4.72. The number of carbonyl (C=O) groups excluding carboxylic acids is 1. The van der Waals surface area contributed by atoms with Gasteiger partial charge in [-0.25, -0.2) is 4.98 Å². The molecular formula is C16H23N3O3S2. The first-order chi connectivity index (χ1) is 11.6. The second-order valence-corrected chi connectivity index (χ2v) is 8.52. The van der Waals surface area contributed by atoms with Gasteiger partial charge < -0.3 is 9.64 Å². The minimum absolute atomic E-state index is 0.00233. The van der Waals surface area contributed by atoms with Crippen LogP contribution in [0.5, 0.6) is 0 Å². The Morgan fingerprint density at radius 3 is 2.88 bits per heavy atom. The second-order valence-electron chi connectivity index (χ2n) is 6.13. The third-order valence-electron chi connectivity index (χ3n) is 4.27. The molecule has 0 N–H and O–H groups in total. The molecule has 8 heteroatoms. The van der Waals surface area contributed by atoms with Crippen molar-refractivity contribution in [3.8, 4) is 0 Å². The molecule has 1 atom stereocenters. The van der Waals surface area contributed by atoms with Gasteiger partial charge in [-0.3, -0.25) is 14.2 Å². The van der Waals surface area contributed by atoms with Gasteiger partial charge in [0.2, 0.25) is 5.91 Å². The zero-order chi connectivity index (χ0) is 17.1. The summed E-state index contributed by atoms with van der Waals surface area (Å²) in [7, 11) is 1.62. The molecule has 1 aromatic rings. The lowest BCUT2D eigenvalue weighted by Gasteiger charge is -2.16. The van der Waals surface area contributed by atoms with Crippen LogP contribution in [0.4, 0.5) is 0 Å². The van der Waals surface area contributed by atoms with Gasteiger partial charge in [0.15, 0.2) is 5.16 Å². The Morgan fingerprint density at radius 2 is 2.17 bits per heavy atom. The van der Waals surface area contributed by atoms with Gasteiger partial charge in [0.05, 0.1) is 29.5 Å². The SMILES string of the molecule is COCCn1c(SCC(=O)N2CCCC2)nc2c(c1=O)S[C@@H](C)C2. The molecule has 6 nitrogen and oxygen atoms in total. The van der Waals surface area contributed by atoms with Crippen molar-refractivity contribution in [3.63, 3.8) is 0 Å². The highest BCUT2D eigenvalue weighted by atomic mass is 32.2. The lowest BCUT2D eigenvalue weighted by atomic mass is 10.2. The van der Waals surface area contributed by atoms with E-state index in [1.807, 2.05) is 4.90 Å². The van der Waals surface area contributed by atoms with E-state index in [1.165, 1.54) is 11.8 Å². The fraction of sp³-hybridized carbons (Fsp3) is 0.688. The van der Waals surface area contributed by atoms with E-state index in [9.17, 15) is 9.59 Å². The van der Waals surface area contributed by atoms with E-state index in [0.717, 1.165) is 42.9 Å².